The second-order valence-electron chi connectivity index (χ2n) is 5.81. The number of piperazine rings is 1. The van der Waals surface area contributed by atoms with Crippen LogP contribution in [0.2, 0.25) is 5.02 Å². The van der Waals surface area contributed by atoms with Crippen LogP contribution < -0.4 is 10.2 Å². The highest BCUT2D eigenvalue weighted by Gasteiger charge is 2.21. The Bertz CT molecular complexity index is 697. The van der Waals surface area contributed by atoms with Crippen LogP contribution in [-0.2, 0) is 11.3 Å². The molecule has 0 bridgehead atoms. The van der Waals surface area contributed by atoms with Gasteiger partial charge in [0.2, 0.25) is 5.91 Å². The summed E-state index contributed by atoms with van der Waals surface area (Å²) in [6.07, 6.45) is 0. The number of aryl methyl sites for hydroxylation is 1. The number of nitrogens with one attached hydrogen (secondary N) is 1. The molecule has 1 fully saturated rings. The van der Waals surface area contributed by atoms with E-state index in [1.165, 1.54) is 0 Å². The van der Waals surface area contributed by atoms with Gasteiger partial charge in [-0.1, -0.05) is 17.7 Å². The van der Waals surface area contributed by atoms with E-state index in [2.05, 4.69) is 21.3 Å². The van der Waals surface area contributed by atoms with E-state index >= 15 is 0 Å². The topological polar surface area (TPSA) is 48.5 Å². The van der Waals surface area contributed by atoms with Gasteiger partial charge in [-0.3, -0.25) is 4.79 Å². The highest BCUT2D eigenvalue weighted by molar-refractivity contribution is 7.09. The first-order valence-corrected chi connectivity index (χ1v) is 9.27. The highest BCUT2D eigenvalue weighted by atomic mass is 35.5. The van der Waals surface area contributed by atoms with Gasteiger partial charge in [-0.25, -0.2) is 4.98 Å². The van der Waals surface area contributed by atoms with Gasteiger partial charge in [0.1, 0.15) is 0 Å². The summed E-state index contributed by atoms with van der Waals surface area (Å²) >= 11 is 7.68. The Morgan fingerprint density at radius 3 is 2.79 bits per heavy atom. The molecule has 1 aromatic heterocycles. The van der Waals surface area contributed by atoms with Gasteiger partial charge in [0.15, 0.2) is 0 Å². The van der Waals surface area contributed by atoms with Crippen LogP contribution in [0.5, 0.6) is 0 Å². The van der Waals surface area contributed by atoms with E-state index < -0.39 is 0 Å². The maximum Gasteiger partial charge on any atom is 0.236 e. The molecule has 1 saturated heterocycles. The summed E-state index contributed by atoms with van der Waals surface area (Å²) in [6.45, 7) is 6.12. The summed E-state index contributed by atoms with van der Waals surface area (Å²) in [5.74, 6) is 0.146. The van der Waals surface area contributed by atoms with Gasteiger partial charge in [0.25, 0.3) is 0 Å². The molecule has 1 aliphatic heterocycles. The normalized spacial score (nSPS) is 14.9. The molecule has 24 heavy (non-hydrogen) atoms. The van der Waals surface area contributed by atoms with Crippen LogP contribution in [0.15, 0.2) is 29.6 Å². The van der Waals surface area contributed by atoms with E-state index in [1.54, 1.807) is 11.3 Å². The van der Waals surface area contributed by atoms with E-state index in [9.17, 15) is 4.79 Å². The van der Waals surface area contributed by atoms with Crippen LogP contribution in [-0.4, -0.2) is 48.5 Å². The Kier molecular flexibility index (Phi) is 5.71. The van der Waals surface area contributed by atoms with Gasteiger partial charge in [-0.05, 0) is 25.1 Å². The third-order valence-corrected chi connectivity index (χ3v) is 5.11. The first kappa shape index (κ1) is 17.2. The van der Waals surface area contributed by atoms with Crippen molar-refractivity contribution in [3.8, 4) is 0 Å². The predicted octanol–water partition coefficient (Wildman–Crippen LogP) is 2.54. The van der Waals surface area contributed by atoms with Crippen LogP contribution >= 0.6 is 22.9 Å². The van der Waals surface area contributed by atoms with Gasteiger partial charge >= 0.3 is 0 Å². The molecule has 2 heterocycles. The van der Waals surface area contributed by atoms with Crippen LogP contribution in [0.25, 0.3) is 0 Å². The molecule has 0 aliphatic carbocycles. The number of benzene rings is 1. The monoisotopic (exact) mass is 364 g/mol. The number of amides is 1. The molecule has 2 aromatic rings. The van der Waals surface area contributed by atoms with E-state index in [0.29, 0.717) is 13.1 Å². The number of halogens is 1. The zero-order chi connectivity index (χ0) is 16.9. The first-order chi connectivity index (χ1) is 11.6. The molecule has 0 spiro atoms. The predicted molar refractivity (Wildman–Crippen MR) is 98.8 cm³/mol. The minimum absolute atomic E-state index is 0.146. The van der Waals surface area contributed by atoms with E-state index in [0.717, 1.165) is 47.6 Å². The average molecular weight is 365 g/mol. The lowest BCUT2D eigenvalue weighted by Gasteiger charge is -2.36. The summed E-state index contributed by atoms with van der Waals surface area (Å²) in [5, 5.41) is 7.00. The fraction of sp³-hybridized carbons (Fsp3) is 0.412. The second-order valence-corrected chi connectivity index (χ2v) is 7.31. The molecule has 5 nitrogen and oxygen atoms in total. The minimum Gasteiger partial charge on any atom is -0.368 e. The van der Waals surface area contributed by atoms with Gasteiger partial charge in [0, 0.05) is 48.8 Å². The number of carbonyl (C=O) groups excluding carboxylic acids is 1. The largest absolute Gasteiger partial charge is 0.368 e. The standard InChI is InChI=1S/C17H21ClN4OS/c1-13-20-15(12-24-13)10-19-11-17(23)22-7-5-21(6-8-22)16-4-2-3-14(18)9-16/h2-4,9,12,19H,5-8,10-11H2,1H3. The average Bonchev–Trinajstić information content (AvgIpc) is 3.00. The molecule has 0 saturated carbocycles. The molecule has 0 radical (unpaired) electrons. The number of aromatic nitrogens is 1. The Labute approximate surface area is 151 Å². The lowest BCUT2D eigenvalue weighted by atomic mass is 10.2. The van der Waals surface area contributed by atoms with E-state index in [1.807, 2.05) is 35.4 Å². The third-order valence-electron chi connectivity index (χ3n) is 4.05. The molecule has 1 N–H and O–H groups in total. The molecule has 0 unspecified atom stereocenters. The van der Waals surface area contributed by atoms with Crippen molar-refractivity contribution in [3.05, 3.63) is 45.4 Å². The maximum atomic E-state index is 12.3. The number of hydrogen-bond acceptors (Lipinski definition) is 5. The SMILES string of the molecule is Cc1nc(CNCC(=O)N2CCN(c3cccc(Cl)c3)CC2)cs1. The van der Waals surface area contributed by atoms with Crippen molar-refractivity contribution < 1.29 is 4.79 Å². The minimum atomic E-state index is 0.146. The number of rotatable bonds is 5. The van der Waals surface area contributed by atoms with Crippen molar-refractivity contribution >= 4 is 34.5 Å². The van der Waals surface area contributed by atoms with Crippen molar-refractivity contribution in [1.29, 1.82) is 0 Å². The van der Waals surface area contributed by atoms with E-state index in [4.69, 9.17) is 11.6 Å². The maximum absolute atomic E-state index is 12.3. The number of hydrogen-bond donors (Lipinski definition) is 1. The number of thiazole rings is 1. The van der Waals surface area contributed by atoms with Crippen molar-refractivity contribution in [2.45, 2.75) is 13.5 Å². The molecule has 7 heteroatoms. The van der Waals surface area contributed by atoms with Crippen LogP contribution in [0.3, 0.4) is 0 Å². The molecule has 1 aliphatic rings. The van der Waals surface area contributed by atoms with Crippen LogP contribution in [0.1, 0.15) is 10.7 Å². The molecule has 3 rings (SSSR count). The Balaban J connectivity index is 1.43. The van der Waals surface area contributed by atoms with Gasteiger partial charge in [-0.15, -0.1) is 11.3 Å². The van der Waals surface area contributed by atoms with Gasteiger partial charge in [0.05, 0.1) is 17.2 Å². The Morgan fingerprint density at radius 1 is 1.33 bits per heavy atom. The summed E-state index contributed by atoms with van der Waals surface area (Å²) in [7, 11) is 0. The molecule has 1 aromatic carbocycles. The van der Waals surface area contributed by atoms with Crippen molar-refractivity contribution in [3.63, 3.8) is 0 Å². The quantitative estimate of drug-likeness (QED) is 0.885. The van der Waals surface area contributed by atoms with Gasteiger partial charge in [-0.2, -0.15) is 0 Å². The summed E-state index contributed by atoms with van der Waals surface area (Å²) in [5.41, 5.74) is 2.11. The molecule has 1 amide bonds. The smallest absolute Gasteiger partial charge is 0.236 e. The molecule has 0 atom stereocenters. The lowest BCUT2D eigenvalue weighted by Crippen LogP contribution is -2.50. The second kappa shape index (κ2) is 7.96. The first-order valence-electron chi connectivity index (χ1n) is 8.02. The van der Waals surface area contributed by atoms with Crippen molar-refractivity contribution in [2.75, 3.05) is 37.6 Å². The third kappa shape index (κ3) is 4.47. The summed E-state index contributed by atoms with van der Waals surface area (Å²) in [4.78, 5) is 20.9. The number of nitrogens with zero attached hydrogens (tertiary/aromatic N) is 3. The Hall–Kier alpha value is -1.63. The fourth-order valence-electron chi connectivity index (χ4n) is 2.79. The van der Waals surface area contributed by atoms with Crippen LogP contribution in [0.4, 0.5) is 5.69 Å². The molecule has 128 valence electrons. The molecular formula is C17H21ClN4OS. The van der Waals surface area contributed by atoms with Gasteiger partial charge < -0.3 is 15.1 Å². The number of carbonyl (C=O) groups is 1. The lowest BCUT2D eigenvalue weighted by molar-refractivity contribution is -0.130. The molecular weight excluding hydrogens is 344 g/mol. The van der Waals surface area contributed by atoms with Crippen molar-refractivity contribution in [2.24, 2.45) is 0 Å². The van der Waals surface area contributed by atoms with Crippen LogP contribution in [0, 0.1) is 6.92 Å². The highest BCUT2D eigenvalue weighted by Crippen LogP contribution is 2.20. The van der Waals surface area contributed by atoms with Crippen molar-refractivity contribution in [1.82, 2.24) is 15.2 Å². The summed E-state index contributed by atoms with van der Waals surface area (Å²) in [6, 6.07) is 7.86. The van der Waals surface area contributed by atoms with E-state index in [-0.39, 0.29) is 5.91 Å². The Morgan fingerprint density at radius 2 is 2.12 bits per heavy atom. The summed E-state index contributed by atoms with van der Waals surface area (Å²) < 4.78 is 0. The fourth-order valence-corrected chi connectivity index (χ4v) is 3.58. The zero-order valence-electron chi connectivity index (χ0n) is 13.7. The zero-order valence-corrected chi connectivity index (χ0v) is 15.2. The number of anilines is 1.